The van der Waals surface area contributed by atoms with Gasteiger partial charge in [0.25, 0.3) is 5.91 Å². The quantitative estimate of drug-likeness (QED) is 0.825. The third-order valence-corrected chi connectivity index (χ3v) is 2.58. The number of carbonyl (C=O) groups excluding carboxylic acids is 1. The summed E-state index contributed by atoms with van der Waals surface area (Å²) in [7, 11) is 2.03. The Morgan fingerprint density at radius 3 is 2.38 bits per heavy atom. The number of nitrogens with zero attached hydrogens (tertiary/aromatic N) is 1. The van der Waals surface area contributed by atoms with E-state index in [0.29, 0.717) is 0 Å². The fraction of sp³-hybridized carbons (Fsp3) is 0.462. The summed E-state index contributed by atoms with van der Waals surface area (Å²) >= 11 is 0. The van der Waals surface area contributed by atoms with E-state index in [0.717, 1.165) is 30.8 Å². The monoisotopic (exact) mass is 220 g/mol. The molecule has 0 saturated carbocycles. The van der Waals surface area contributed by atoms with Crippen molar-refractivity contribution in [2.75, 3.05) is 25.0 Å². The highest BCUT2D eigenvalue weighted by atomic mass is 16.1. The molecule has 0 aliphatic heterocycles. The summed E-state index contributed by atoms with van der Waals surface area (Å²) in [4.78, 5) is 13.8. The Hall–Kier alpha value is -1.51. The highest BCUT2D eigenvalue weighted by Crippen LogP contribution is 2.13. The van der Waals surface area contributed by atoms with E-state index in [4.69, 9.17) is 0 Å². The molecule has 0 saturated heterocycles. The lowest BCUT2D eigenvalue weighted by atomic mass is 10.2. The summed E-state index contributed by atoms with van der Waals surface area (Å²) < 4.78 is 0. The second kappa shape index (κ2) is 6.16. The van der Waals surface area contributed by atoms with E-state index >= 15 is 0 Å². The summed E-state index contributed by atoms with van der Waals surface area (Å²) in [6.45, 7) is 5.83. The molecule has 1 aromatic carbocycles. The molecule has 0 fully saturated rings. The van der Waals surface area contributed by atoms with Crippen LogP contribution in [0.3, 0.4) is 0 Å². The van der Waals surface area contributed by atoms with Crippen LogP contribution in [0.1, 0.15) is 30.6 Å². The summed E-state index contributed by atoms with van der Waals surface area (Å²) in [5, 5.41) is 2.86. The number of rotatable bonds is 5. The number of nitrogens with one attached hydrogen (secondary N) is 1. The molecule has 1 aromatic rings. The minimum atomic E-state index is 0.00699. The highest BCUT2D eigenvalue weighted by Gasteiger charge is 2.04. The molecule has 0 aliphatic rings. The van der Waals surface area contributed by atoms with Crippen molar-refractivity contribution >= 4 is 11.6 Å². The topological polar surface area (TPSA) is 32.3 Å². The van der Waals surface area contributed by atoms with Crippen molar-refractivity contribution in [2.24, 2.45) is 0 Å². The lowest BCUT2D eigenvalue weighted by Crippen LogP contribution is -2.24. The van der Waals surface area contributed by atoms with E-state index in [1.807, 2.05) is 38.2 Å². The van der Waals surface area contributed by atoms with Gasteiger partial charge in [-0.25, -0.2) is 0 Å². The molecule has 0 heterocycles. The van der Waals surface area contributed by atoms with E-state index < -0.39 is 0 Å². The molecule has 0 aromatic heterocycles. The first-order chi connectivity index (χ1) is 7.69. The summed E-state index contributed by atoms with van der Waals surface area (Å²) in [5.74, 6) is 0.00699. The molecule has 1 rings (SSSR count). The Bertz CT molecular complexity index is 332. The minimum absolute atomic E-state index is 0.00699. The van der Waals surface area contributed by atoms with Crippen LogP contribution in [0.2, 0.25) is 0 Å². The maximum Gasteiger partial charge on any atom is 0.251 e. The van der Waals surface area contributed by atoms with Gasteiger partial charge in [0.05, 0.1) is 0 Å². The minimum Gasteiger partial charge on any atom is -0.375 e. The molecule has 16 heavy (non-hydrogen) atoms. The molecular weight excluding hydrogens is 200 g/mol. The Morgan fingerprint density at radius 1 is 1.25 bits per heavy atom. The maximum absolute atomic E-state index is 11.6. The van der Waals surface area contributed by atoms with Gasteiger partial charge in [0.2, 0.25) is 0 Å². The third-order valence-electron chi connectivity index (χ3n) is 2.58. The first kappa shape index (κ1) is 12.6. The molecule has 0 radical (unpaired) electrons. The van der Waals surface area contributed by atoms with E-state index in [9.17, 15) is 4.79 Å². The molecule has 0 bridgehead atoms. The fourth-order valence-electron chi connectivity index (χ4n) is 1.39. The van der Waals surface area contributed by atoms with Crippen LogP contribution >= 0.6 is 0 Å². The van der Waals surface area contributed by atoms with Crippen molar-refractivity contribution in [1.29, 1.82) is 0 Å². The second-order valence-electron chi connectivity index (χ2n) is 3.82. The highest BCUT2D eigenvalue weighted by molar-refractivity contribution is 5.94. The number of anilines is 1. The van der Waals surface area contributed by atoms with Gasteiger partial charge in [0, 0.05) is 31.4 Å². The molecule has 0 spiro atoms. The average molecular weight is 220 g/mol. The van der Waals surface area contributed by atoms with Gasteiger partial charge >= 0.3 is 0 Å². The van der Waals surface area contributed by atoms with Gasteiger partial charge in [-0.15, -0.1) is 0 Å². The summed E-state index contributed by atoms with van der Waals surface area (Å²) in [6, 6.07) is 7.69. The van der Waals surface area contributed by atoms with Gasteiger partial charge in [-0.1, -0.05) is 6.92 Å². The van der Waals surface area contributed by atoms with Gasteiger partial charge in [-0.05, 0) is 37.6 Å². The predicted octanol–water partition coefficient (Wildman–Crippen LogP) is 2.28. The van der Waals surface area contributed by atoms with Crippen LogP contribution < -0.4 is 10.2 Å². The molecule has 1 N–H and O–H groups in total. The van der Waals surface area contributed by atoms with Gasteiger partial charge in [-0.3, -0.25) is 4.79 Å². The normalized spacial score (nSPS) is 9.94. The Labute approximate surface area is 97.5 Å². The number of amides is 1. The zero-order valence-corrected chi connectivity index (χ0v) is 10.3. The third kappa shape index (κ3) is 3.26. The van der Waals surface area contributed by atoms with Crippen molar-refractivity contribution < 1.29 is 4.79 Å². The predicted molar refractivity (Wildman–Crippen MR) is 68.0 cm³/mol. The molecule has 3 nitrogen and oxygen atoms in total. The molecule has 3 heteroatoms. The second-order valence-corrected chi connectivity index (χ2v) is 3.82. The average Bonchev–Trinajstić information content (AvgIpc) is 2.35. The first-order valence-electron chi connectivity index (χ1n) is 5.78. The molecule has 0 atom stereocenters. The number of hydrogen-bond donors (Lipinski definition) is 1. The standard InChI is InChI=1S/C13H20N2O/c1-4-10-14-13(16)11-6-8-12(9-7-11)15(3)5-2/h6-9H,4-5,10H2,1-3H3,(H,14,16). The van der Waals surface area contributed by atoms with Crippen LogP contribution in [-0.2, 0) is 0 Å². The summed E-state index contributed by atoms with van der Waals surface area (Å²) in [5.41, 5.74) is 1.86. The van der Waals surface area contributed by atoms with Gasteiger partial charge in [0.1, 0.15) is 0 Å². The van der Waals surface area contributed by atoms with Crippen molar-refractivity contribution in [2.45, 2.75) is 20.3 Å². The van der Waals surface area contributed by atoms with Crippen LogP contribution in [0.15, 0.2) is 24.3 Å². The maximum atomic E-state index is 11.6. The number of benzene rings is 1. The zero-order valence-electron chi connectivity index (χ0n) is 10.3. The van der Waals surface area contributed by atoms with Gasteiger partial charge in [0.15, 0.2) is 0 Å². The van der Waals surface area contributed by atoms with E-state index in [1.54, 1.807) is 0 Å². The number of hydrogen-bond acceptors (Lipinski definition) is 2. The Morgan fingerprint density at radius 2 is 1.88 bits per heavy atom. The van der Waals surface area contributed by atoms with Crippen LogP contribution in [0.4, 0.5) is 5.69 Å². The smallest absolute Gasteiger partial charge is 0.251 e. The Kier molecular flexibility index (Phi) is 4.83. The van der Waals surface area contributed by atoms with Crippen LogP contribution in [0.5, 0.6) is 0 Å². The lowest BCUT2D eigenvalue weighted by molar-refractivity contribution is 0.0953. The largest absolute Gasteiger partial charge is 0.375 e. The van der Waals surface area contributed by atoms with Gasteiger partial charge in [-0.2, -0.15) is 0 Å². The SMILES string of the molecule is CCCNC(=O)c1ccc(N(C)CC)cc1. The summed E-state index contributed by atoms with van der Waals surface area (Å²) in [6.07, 6.45) is 0.961. The van der Waals surface area contributed by atoms with Crippen LogP contribution in [0, 0.1) is 0 Å². The van der Waals surface area contributed by atoms with Crippen molar-refractivity contribution in [3.8, 4) is 0 Å². The van der Waals surface area contributed by atoms with Crippen LogP contribution in [0.25, 0.3) is 0 Å². The molecule has 0 unspecified atom stereocenters. The van der Waals surface area contributed by atoms with Crippen LogP contribution in [-0.4, -0.2) is 26.0 Å². The lowest BCUT2D eigenvalue weighted by Gasteiger charge is -2.16. The molecule has 1 amide bonds. The van der Waals surface area contributed by atoms with Crippen molar-refractivity contribution in [3.63, 3.8) is 0 Å². The van der Waals surface area contributed by atoms with Crippen molar-refractivity contribution in [3.05, 3.63) is 29.8 Å². The Balaban J connectivity index is 2.67. The molecular formula is C13H20N2O. The van der Waals surface area contributed by atoms with E-state index in [2.05, 4.69) is 17.1 Å². The zero-order chi connectivity index (χ0) is 12.0. The molecule has 0 aliphatic carbocycles. The van der Waals surface area contributed by atoms with Gasteiger partial charge < -0.3 is 10.2 Å². The van der Waals surface area contributed by atoms with Crippen molar-refractivity contribution in [1.82, 2.24) is 5.32 Å². The number of carbonyl (C=O) groups is 1. The van der Waals surface area contributed by atoms with E-state index in [1.165, 1.54) is 0 Å². The van der Waals surface area contributed by atoms with E-state index in [-0.39, 0.29) is 5.91 Å². The molecule has 88 valence electrons. The fourth-order valence-corrected chi connectivity index (χ4v) is 1.39. The first-order valence-corrected chi connectivity index (χ1v) is 5.78.